The molecule has 0 heterocycles. The van der Waals surface area contributed by atoms with E-state index in [1.54, 1.807) is 13.0 Å². The molecule has 0 radical (unpaired) electrons. The van der Waals surface area contributed by atoms with Gasteiger partial charge in [0.2, 0.25) is 0 Å². The molecule has 2 rings (SSSR count). The lowest BCUT2D eigenvalue weighted by Gasteiger charge is -2.14. The van der Waals surface area contributed by atoms with Gasteiger partial charge in [0.25, 0.3) is 0 Å². The molecule has 19 heavy (non-hydrogen) atoms. The molecular weight excluding hydrogens is 259 g/mol. The normalized spacial score (nSPS) is 13.8. The Balaban J connectivity index is 2.30. The van der Waals surface area contributed by atoms with E-state index in [-0.39, 0.29) is 6.16 Å². The van der Waals surface area contributed by atoms with E-state index in [4.69, 9.17) is 4.52 Å². The Labute approximate surface area is 113 Å². The Kier molecular flexibility index (Phi) is 4.08. The lowest BCUT2D eigenvalue weighted by Crippen LogP contribution is -1.96. The van der Waals surface area contributed by atoms with Crippen LogP contribution in [-0.4, -0.2) is 11.1 Å². The van der Waals surface area contributed by atoms with Crippen LogP contribution in [0.5, 0.6) is 5.75 Å². The van der Waals surface area contributed by atoms with Gasteiger partial charge in [0.15, 0.2) is 0 Å². The Morgan fingerprint density at radius 3 is 2.37 bits per heavy atom. The fraction of sp³-hybridized carbons (Fsp3) is 0.200. The zero-order valence-electron chi connectivity index (χ0n) is 11.0. The number of rotatable bonds is 4. The first kappa shape index (κ1) is 13.9. The van der Waals surface area contributed by atoms with Crippen molar-refractivity contribution in [2.45, 2.75) is 13.8 Å². The molecule has 0 aliphatic carbocycles. The van der Waals surface area contributed by atoms with Crippen LogP contribution in [0, 0.1) is 6.92 Å². The molecule has 4 heteroatoms. The summed E-state index contributed by atoms with van der Waals surface area (Å²) < 4.78 is 16.8. The van der Waals surface area contributed by atoms with Crippen molar-refractivity contribution in [2.24, 2.45) is 0 Å². The van der Waals surface area contributed by atoms with E-state index in [1.165, 1.54) is 0 Å². The van der Waals surface area contributed by atoms with Gasteiger partial charge in [-0.2, -0.15) is 0 Å². The largest absolute Gasteiger partial charge is 0.424 e. The maximum atomic E-state index is 11.6. The summed E-state index contributed by atoms with van der Waals surface area (Å²) in [6.07, 6.45) is 0.104. The second-order valence-corrected chi connectivity index (χ2v) is 6.48. The Hall–Kier alpha value is -1.57. The topological polar surface area (TPSA) is 46.5 Å². The molecule has 2 aromatic carbocycles. The van der Waals surface area contributed by atoms with Crippen LogP contribution in [0.3, 0.4) is 0 Å². The third-order valence-corrected chi connectivity index (χ3v) is 4.20. The van der Waals surface area contributed by atoms with Crippen LogP contribution in [0.4, 0.5) is 0 Å². The van der Waals surface area contributed by atoms with Gasteiger partial charge in [-0.1, -0.05) is 43.3 Å². The molecule has 0 amide bonds. The van der Waals surface area contributed by atoms with Gasteiger partial charge < -0.3 is 9.42 Å². The van der Waals surface area contributed by atoms with Crippen molar-refractivity contribution < 1.29 is 14.0 Å². The number of hydrogen-bond acceptors (Lipinski definition) is 2. The van der Waals surface area contributed by atoms with Crippen LogP contribution in [-0.2, 0) is 4.57 Å². The number of benzene rings is 2. The quantitative estimate of drug-likeness (QED) is 0.849. The molecule has 100 valence electrons. The summed E-state index contributed by atoms with van der Waals surface area (Å²) in [6.45, 7) is 3.51. The molecule has 0 fully saturated rings. The minimum absolute atomic E-state index is 0.104. The molecule has 0 spiro atoms. The highest BCUT2D eigenvalue weighted by molar-refractivity contribution is 7.53. The van der Waals surface area contributed by atoms with Crippen molar-refractivity contribution in [3.05, 3.63) is 54.1 Å². The van der Waals surface area contributed by atoms with Crippen molar-refractivity contribution >= 4 is 7.60 Å². The highest BCUT2D eigenvalue weighted by atomic mass is 31.2. The van der Waals surface area contributed by atoms with Crippen molar-refractivity contribution in [3.63, 3.8) is 0 Å². The van der Waals surface area contributed by atoms with Gasteiger partial charge >= 0.3 is 7.60 Å². The third-order valence-electron chi connectivity index (χ3n) is 2.92. The van der Waals surface area contributed by atoms with E-state index in [1.807, 2.05) is 49.4 Å². The van der Waals surface area contributed by atoms with E-state index in [2.05, 4.69) is 0 Å². The lowest BCUT2D eigenvalue weighted by atomic mass is 10.0. The van der Waals surface area contributed by atoms with Gasteiger partial charge in [-0.15, -0.1) is 0 Å². The summed E-state index contributed by atoms with van der Waals surface area (Å²) in [5, 5.41) is 0. The van der Waals surface area contributed by atoms with E-state index < -0.39 is 7.60 Å². The van der Waals surface area contributed by atoms with Crippen LogP contribution in [0.1, 0.15) is 12.5 Å². The second-order valence-electron chi connectivity index (χ2n) is 4.39. The van der Waals surface area contributed by atoms with E-state index >= 15 is 0 Å². The zero-order chi connectivity index (χ0) is 13.9. The summed E-state index contributed by atoms with van der Waals surface area (Å²) in [5.74, 6) is 0.465. The zero-order valence-corrected chi connectivity index (χ0v) is 11.9. The minimum atomic E-state index is -3.51. The smallest absolute Gasteiger partial charge is 0.376 e. The van der Waals surface area contributed by atoms with Crippen molar-refractivity contribution in [1.82, 2.24) is 0 Å². The van der Waals surface area contributed by atoms with Crippen LogP contribution < -0.4 is 4.52 Å². The lowest BCUT2D eigenvalue weighted by molar-refractivity contribution is 0.380. The van der Waals surface area contributed by atoms with Gasteiger partial charge in [0, 0.05) is 0 Å². The van der Waals surface area contributed by atoms with E-state index in [9.17, 15) is 9.46 Å². The van der Waals surface area contributed by atoms with Crippen LogP contribution in [0.2, 0.25) is 0 Å². The van der Waals surface area contributed by atoms with Crippen molar-refractivity contribution in [1.29, 1.82) is 0 Å². The van der Waals surface area contributed by atoms with Crippen molar-refractivity contribution in [2.75, 3.05) is 6.16 Å². The monoisotopic (exact) mass is 276 g/mol. The molecule has 0 saturated carbocycles. The summed E-state index contributed by atoms with van der Waals surface area (Å²) in [6, 6.07) is 15.6. The average Bonchev–Trinajstić information content (AvgIpc) is 2.42. The Morgan fingerprint density at radius 1 is 1.11 bits per heavy atom. The molecule has 0 aliphatic heterocycles. The van der Waals surface area contributed by atoms with Gasteiger partial charge in [-0.25, -0.2) is 4.57 Å². The molecule has 0 aliphatic rings. The highest BCUT2D eigenvalue weighted by Crippen LogP contribution is 2.43. The fourth-order valence-electron chi connectivity index (χ4n) is 1.78. The molecule has 1 unspecified atom stereocenters. The molecule has 0 bridgehead atoms. The number of hydrogen-bond donors (Lipinski definition) is 1. The van der Waals surface area contributed by atoms with Gasteiger partial charge in [0.1, 0.15) is 5.75 Å². The molecule has 1 N–H and O–H groups in total. The van der Waals surface area contributed by atoms with Gasteiger partial charge in [-0.05, 0) is 35.7 Å². The van der Waals surface area contributed by atoms with E-state index in [0.29, 0.717) is 5.75 Å². The second kappa shape index (κ2) is 5.60. The fourth-order valence-corrected chi connectivity index (χ4v) is 2.42. The SMILES string of the molecule is CCP(=O)(O)Oc1ccc(-c2ccccc2)cc1C. The minimum Gasteiger partial charge on any atom is -0.424 e. The van der Waals surface area contributed by atoms with E-state index in [0.717, 1.165) is 16.7 Å². The molecule has 0 aromatic heterocycles. The number of aryl methyl sites for hydroxylation is 1. The van der Waals surface area contributed by atoms with Crippen LogP contribution in [0.15, 0.2) is 48.5 Å². The molecule has 0 saturated heterocycles. The first-order chi connectivity index (χ1) is 9.02. The summed E-state index contributed by atoms with van der Waals surface area (Å²) in [5.41, 5.74) is 3.03. The van der Waals surface area contributed by atoms with Crippen LogP contribution in [0.25, 0.3) is 11.1 Å². The summed E-state index contributed by atoms with van der Waals surface area (Å²) in [7, 11) is -3.51. The average molecular weight is 276 g/mol. The predicted molar refractivity (Wildman–Crippen MR) is 77.6 cm³/mol. The highest BCUT2D eigenvalue weighted by Gasteiger charge is 2.18. The molecule has 1 atom stereocenters. The maximum absolute atomic E-state index is 11.6. The molecule has 2 aromatic rings. The van der Waals surface area contributed by atoms with Crippen molar-refractivity contribution in [3.8, 4) is 16.9 Å². The third kappa shape index (κ3) is 3.46. The molecule has 3 nitrogen and oxygen atoms in total. The van der Waals surface area contributed by atoms with Crippen LogP contribution >= 0.6 is 7.60 Å². The summed E-state index contributed by atoms with van der Waals surface area (Å²) in [4.78, 5) is 9.52. The maximum Gasteiger partial charge on any atom is 0.376 e. The standard InChI is InChI=1S/C15H17O3P/c1-3-19(16,17)18-15-10-9-14(11-12(15)2)13-7-5-4-6-8-13/h4-11H,3H2,1-2H3,(H,16,17). The van der Waals surface area contributed by atoms with Gasteiger partial charge in [0.05, 0.1) is 6.16 Å². The Morgan fingerprint density at radius 2 is 1.79 bits per heavy atom. The first-order valence-corrected chi connectivity index (χ1v) is 7.95. The first-order valence-electron chi connectivity index (χ1n) is 6.19. The molecular formula is C15H17O3P. The Bertz CT molecular complexity index is 608. The predicted octanol–water partition coefficient (Wildman–Crippen LogP) is 4.25. The summed E-state index contributed by atoms with van der Waals surface area (Å²) >= 11 is 0. The van der Waals surface area contributed by atoms with Gasteiger partial charge in [-0.3, -0.25) is 0 Å².